The minimum absolute atomic E-state index is 0.0429. The first-order chi connectivity index (χ1) is 9.56. The summed E-state index contributed by atoms with van der Waals surface area (Å²) in [5.41, 5.74) is 4.33. The summed E-state index contributed by atoms with van der Waals surface area (Å²) < 4.78 is 0. The zero-order valence-electron chi connectivity index (χ0n) is 12.3. The van der Waals surface area contributed by atoms with Crippen LogP contribution < -0.4 is 5.32 Å². The van der Waals surface area contributed by atoms with E-state index in [2.05, 4.69) is 36.5 Å². The maximum absolute atomic E-state index is 11.8. The molecule has 0 saturated carbocycles. The summed E-state index contributed by atoms with van der Waals surface area (Å²) in [7, 11) is 0. The predicted octanol–water partition coefficient (Wildman–Crippen LogP) is 4.45. The molecule has 0 aliphatic heterocycles. The van der Waals surface area contributed by atoms with Gasteiger partial charge in [-0.25, -0.2) is 0 Å². The van der Waals surface area contributed by atoms with E-state index in [1.54, 1.807) is 0 Å². The molecule has 2 heteroatoms. The lowest BCUT2D eigenvalue weighted by Gasteiger charge is -2.09. The van der Waals surface area contributed by atoms with Crippen molar-refractivity contribution < 1.29 is 4.79 Å². The highest BCUT2D eigenvalue weighted by atomic mass is 16.1. The van der Waals surface area contributed by atoms with Gasteiger partial charge in [0, 0.05) is 23.7 Å². The van der Waals surface area contributed by atoms with Crippen LogP contribution in [0, 0.1) is 12.8 Å². The highest BCUT2D eigenvalue weighted by molar-refractivity contribution is 5.97. The van der Waals surface area contributed by atoms with Gasteiger partial charge in [-0.05, 0) is 36.8 Å². The largest absolute Gasteiger partial charge is 0.381 e. The van der Waals surface area contributed by atoms with Crippen LogP contribution in [0.25, 0.3) is 0 Å². The molecule has 0 aromatic heterocycles. The van der Waals surface area contributed by atoms with E-state index < -0.39 is 0 Å². The average molecular weight is 267 g/mol. The van der Waals surface area contributed by atoms with Gasteiger partial charge in [0.15, 0.2) is 5.78 Å². The number of carbonyl (C=O) groups excluding carboxylic acids is 1. The summed E-state index contributed by atoms with van der Waals surface area (Å²) in [6, 6.07) is 16.2. The second kappa shape index (κ2) is 6.38. The molecule has 2 rings (SSSR count). The molecule has 0 amide bonds. The second-order valence-electron chi connectivity index (χ2n) is 5.44. The molecular weight excluding hydrogens is 246 g/mol. The summed E-state index contributed by atoms with van der Waals surface area (Å²) >= 11 is 0. The Balaban J connectivity index is 1.97. The highest BCUT2D eigenvalue weighted by Crippen LogP contribution is 2.14. The summed E-state index contributed by atoms with van der Waals surface area (Å²) in [6.45, 7) is 6.72. The number of anilines is 1. The molecule has 0 saturated heterocycles. The molecule has 0 radical (unpaired) electrons. The van der Waals surface area contributed by atoms with E-state index in [4.69, 9.17) is 0 Å². The number of rotatable bonds is 5. The molecule has 0 aliphatic carbocycles. The van der Waals surface area contributed by atoms with Crippen LogP contribution in [-0.2, 0) is 6.54 Å². The van der Waals surface area contributed by atoms with Gasteiger partial charge in [-0.3, -0.25) is 4.79 Å². The molecule has 0 unspecified atom stereocenters. The first-order valence-electron chi connectivity index (χ1n) is 7.00. The monoisotopic (exact) mass is 267 g/mol. The molecule has 0 spiro atoms. The first kappa shape index (κ1) is 14.3. The third-order valence-corrected chi connectivity index (χ3v) is 3.31. The molecule has 2 nitrogen and oxygen atoms in total. The van der Waals surface area contributed by atoms with E-state index >= 15 is 0 Å². The van der Waals surface area contributed by atoms with Crippen molar-refractivity contribution in [1.82, 2.24) is 0 Å². The number of Topliss-reactive ketones (excluding diaryl/α,β-unsaturated/α-hetero) is 1. The van der Waals surface area contributed by atoms with Crippen molar-refractivity contribution in [2.45, 2.75) is 27.3 Å². The number of carbonyl (C=O) groups is 1. The molecule has 20 heavy (non-hydrogen) atoms. The van der Waals surface area contributed by atoms with E-state index in [0.717, 1.165) is 17.8 Å². The molecule has 2 aromatic rings. The molecule has 0 heterocycles. The van der Waals surface area contributed by atoms with Gasteiger partial charge in [-0.2, -0.15) is 0 Å². The topological polar surface area (TPSA) is 29.1 Å². The quantitative estimate of drug-likeness (QED) is 0.811. The zero-order valence-corrected chi connectivity index (χ0v) is 12.3. The molecule has 0 aliphatic rings. The molecule has 0 atom stereocenters. The SMILES string of the molecule is Cc1ccc(CNc2ccc(C(=O)C(C)C)cc2)cc1. The molecule has 0 fully saturated rings. The van der Waals surface area contributed by atoms with E-state index in [1.165, 1.54) is 11.1 Å². The third-order valence-electron chi connectivity index (χ3n) is 3.31. The lowest BCUT2D eigenvalue weighted by molar-refractivity contribution is 0.0939. The fourth-order valence-corrected chi connectivity index (χ4v) is 2.00. The molecule has 0 bridgehead atoms. The number of ketones is 1. The average Bonchev–Trinajstić information content (AvgIpc) is 2.46. The highest BCUT2D eigenvalue weighted by Gasteiger charge is 2.09. The molecule has 1 N–H and O–H groups in total. The maximum Gasteiger partial charge on any atom is 0.165 e. The van der Waals surface area contributed by atoms with Crippen molar-refractivity contribution in [2.75, 3.05) is 5.32 Å². The standard InChI is InChI=1S/C18H21NO/c1-13(2)18(20)16-8-10-17(11-9-16)19-12-15-6-4-14(3)5-7-15/h4-11,13,19H,12H2,1-3H3. The Morgan fingerprint density at radius 2 is 1.60 bits per heavy atom. The van der Waals surface area contributed by atoms with Crippen LogP contribution in [0.3, 0.4) is 0 Å². The van der Waals surface area contributed by atoms with Crippen LogP contribution in [0.1, 0.15) is 35.3 Å². The van der Waals surface area contributed by atoms with Crippen molar-refractivity contribution in [1.29, 1.82) is 0 Å². The van der Waals surface area contributed by atoms with Crippen molar-refractivity contribution in [2.24, 2.45) is 5.92 Å². The predicted molar refractivity (Wildman–Crippen MR) is 84.1 cm³/mol. The Morgan fingerprint density at radius 3 is 2.15 bits per heavy atom. The van der Waals surface area contributed by atoms with Crippen molar-refractivity contribution in [3.05, 3.63) is 65.2 Å². The van der Waals surface area contributed by atoms with Crippen LogP contribution in [0.4, 0.5) is 5.69 Å². The van der Waals surface area contributed by atoms with Crippen LogP contribution in [0.15, 0.2) is 48.5 Å². The Hall–Kier alpha value is -2.09. The van der Waals surface area contributed by atoms with Crippen molar-refractivity contribution in [3.63, 3.8) is 0 Å². The second-order valence-corrected chi connectivity index (χ2v) is 5.44. The first-order valence-corrected chi connectivity index (χ1v) is 7.00. The Labute approximate surface area is 120 Å². The van der Waals surface area contributed by atoms with Crippen LogP contribution in [0.2, 0.25) is 0 Å². The summed E-state index contributed by atoms with van der Waals surface area (Å²) in [4.78, 5) is 11.8. The lowest BCUT2D eigenvalue weighted by atomic mass is 10.0. The van der Waals surface area contributed by atoms with E-state index in [9.17, 15) is 4.79 Å². The molecule has 104 valence electrons. The number of aryl methyl sites for hydroxylation is 1. The van der Waals surface area contributed by atoms with E-state index in [1.807, 2.05) is 38.1 Å². The molecule has 2 aromatic carbocycles. The number of hydrogen-bond acceptors (Lipinski definition) is 2. The summed E-state index contributed by atoms with van der Waals surface area (Å²) in [6.07, 6.45) is 0. The van der Waals surface area contributed by atoms with E-state index in [0.29, 0.717) is 0 Å². The summed E-state index contributed by atoms with van der Waals surface area (Å²) in [5, 5.41) is 3.36. The van der Waals surface area contributed by atoms with Gasteiger partial charge < -0.3 is 5.32 Å². The number of nitrogens with one attached hydrogen (secondary N) is 1. The minimum Gasteiger partial charge on any atom is -0.381 e. The molecular formula is C18H21NO. The van der Waals surface area contributed by atoms with Gasteiger partial charge >= 0.3 is 0 Å². The van der Waals surface area contributed by atoms with Gasteiger partial charge in [-0.1, -0.05) is 43.7 Å². The Bertz CT molecular complexity index is 567. The van der Waals surface area contributed by atoms with Crippen LogP contribution in [-0.4, -0.2) is 5.78 Å². The van der Waals surface area contributed by atoms with Crippen LogP contribution >= 0.6 is 0 Å². The zero-order chi connectivity index (χ0) is 14.5. The fourth-order valence-electron chi connectivity index (χ4n) is 2.00. The van der Waals surface area contributed by atoms with Gasteiger partial charge in [0.1, 0.15) is 0 Å². The lowest BCUT2D eigenvalue weighted by Crippen LogP contribution is -2.07. The van der Waals surface area contributed by atoms with Crippen molar-refractivity contribution in [3.8, 4) is 0 Å². The number of benzene rings is 2. The maximum atomic E-state index is 11.8. The third kappa shape index (κ3) is 3.70. The van der Waals surface area contributed by atoms with Gasteiger partial charge in [0.2, 0.25) is 0 Å². The van der Waals surface area contributed by atoms with Crippen molar-refractivity contribution >= 4 is 11.5 Å². The summed E-state index contributed by atoms with van der Waals surface area (Å²) in [5.74, 6) is 0.233. The van der Waals surface area contributed by atoms with Crippen LogP contribution in [0.5, 0.6) is 0 Å². The van der Waals surface area contributed by atoms with Gasteiger partial charge in [0.05, 0.1) is 0 Å². The normalized spacial score (nSPS) is 10.6. The smallest absolute Gasteiger partial charge is 0.165 e. The number of hydrogen-bond donors (Lipinski definition) is 1. The van der Waals surface area contributed by atoms with E-state index in [-0.39, 0.29) is 11.7 Å². The Kier molecular flexibility index (Phi) is 4.57. The van der Waals surface area contributed by atoms with Gasteiger partial charge in [-0.15, -0.1) is 0 Å². The van der Waals surface area contributed by atoms with Gasteiger partial charge in [0.25, 0.3) is 0 Å². The fraction of sp³-hybridized carbons (Fsp3) is 0.278. The minimum atomic E-state index is 0.0429. The Morgan fingerprint density at radius 1 is 1.00 bits per heavy atom.